The van der Waals surface area contributed by atoms with Gasteiger partial charge in [-0.25, -0.2) is 0 Å². The van der Waals surface area contributed by atoms with Gasteiger partial charge >= 0.3 is 5.97 Å². The van der Waals surface area contributed by atoms with E-state index in [-0.39, 0.29) is 6.42 Å². The Morgan fingerprint density at radius 2 is 1.89 bits per heavy atom. The molecule has 0 aliphatic heterocycles. The van der Waals surface area contributed by atoms with Crippen molar-refractivity contribution in [1.82, 2.24) is 4.57 Å². The molecule has 0 unspecified atom stereocenters. The average molecular weight is 257 g/mol. The molecule has 1 heterocycles. The molecule has 0 fully saturated rings. The molecule has 0 aliphatic rings. The third-order valence-electron chi connectivity index (χ3n) is 3.69. The predicted octanol–water partition coefficient (Wildman–Crippen LogP) is 3.34. The fourth-order valence-electron chi connectivity index (χ4n) is 2.52. The lowest BCUT2D eigenvalue weighted by atomic mass is 10.1. The standard InChI is InChI=1S/C16H19NO2/c1-10-6-5-7-15(12(10)3)17-11(2)8-14(13(17)4)9-16(18)19/h5-8H,9H2,1-4H3,(H,18,19). The first-order chi connectivity index (χ1) is 8.91. The van der Waals surface area contributed by atoms with Gasteiger partial charge in [-0.1, -0.05) is 12.1 Å². The molecule has 2 rings (SSSR count). The normalized spacial score (nSPS) is 10.7. The zero-order valence-corrected chi connectivity index (χ0v) is 11.8. The second kappa shape index (κ2) is 4.92. The van der Waals surface area contributed by atoms with Crippen molar-refractivity contribution in [2.75, 3.05) is 0 Å². The Labute approximate surface area is 113 Å². The van der Waals surface area contributed by atoms with E-state index >= 15 is 0 Å². The molecule has 1 aromatic carbocycles. The first kappa shape index (κ1) is 13.4. The number of hydrogen-bond donors (Lipinski definition) is 1. The number of benzene rings is 1. The van der Waals surface area contributed by atoms with Gasteiger partial charge in [0.15, 0.2) is 0 Å². The van der Waals surface area contributed by atoms with E-state index in [2.05, 4.69) is 30.5 Å². The van der Waals surface area contributed by atoms with E-state index in [0.717, 1.165) is 22.6 Å². The van der Waals surface area contributed by atoms with Crippen molar-refractivity contribution in [1.29, 1.82) is 0 Å². The number of aromatic nitrogens is 1. The Hall–Kier alpha value is -2.03. The van der Waals surface area contributed by atoms with Gasteiger partial charge in [0.25, 0.3) is 0 Å². The number of aliphatic carboxylic acids is 1. The highest BCUT2D eigenvalue weighted by Gasteiger charge is 2.14. The van der Waals surface area contributed by atoms with E-state index in [9.17, 15) is 4.79 Å². The molecular formula is C16H19NO2. The maximum absolute atomic E-state index is 10.9. The van der Waals surface area contributed by atoms with Gasteiger partial charge in [-0.15, -0.1) is 0 Å². The van der Waals surface area contributed by atoms with Crippen molar-refractivity contribution in [3.63, 3.8) is 0 Å². The van der Waals surface area contributed by atoms with Gasteiger partial charge < -0.3 is 9.67 Å². The van der Waals surface area contributed by atoms with Crippen molar-refractivity contribution >= 4 is 5.97 Å². The monoisotopic (exact) mass is 257 g/mol. The van der Waals surface area contributed by atoms with Crippen LogP contribution in [-0.2, 0) is 11.2 Å². The summed E-state index contributed by atoms with van der Waals surface area (Å²) in [6, 6.07) is 8.16. The molecule has 3 nitrogen and oxygen atoms in total. The lowest BCUT2D eigenvalue weighted by molar-refractivity contribution is -0.136. The largest absolute Gasteiger partial charge is 0.481 e. The summed E-state index contributed by atoms with van der Waals surface area (Å²) in [5.41, 5.74) is 6.56. The Balaban J connectivity index is 2.60. The molecule has 0 spiro atoms. The minimum Gasteiger partial charge on any atom is -0.481 e. The molecule has 0 saturated heterocycles. The molecule has 1 N–H and O–H groups in total. The van der Waals surface area contributed by atoms with Crippen LogP contribution < -0.4 is 0 Å². The number of aryl methyl sites for hydroxylation is 2. The van der Waals surface area contributed by atoms with E-state index < -0.39 is 5.97 Å². The molecule has 2 aromatic rings. The molecule has 0 amide bonds. The quantitative estimate of drug-likeness (QED) is 0.916. The second-order valence-corrected chi connectivity index (χ2v) is 5.02. The highest BCUT2D eigenvalue weighted by molar-refractivity contribution is 5.71. The molecule has 0 saturated carbocycles. The highest BCUT2D eigenvalue weighted by Crippen LogP contribution is 2.25. The third-order valence-corrected chi connectivity index (χ3v) is 3.69. The minimum atomic E-state index is -0.791. The topological polar surface area (TPSA) is 42.2 Å². The number of carboxylic acids is 1. The van der Waals surface area contributed by atoms with E-state index in [0.29, 0.717) is 0 Å². The van der Waals surface area contributed by atoms with Gasteiger partial charge in [0, 0.05) is 17.1 Å². The van der Waals surface area contributed by atoms with Gasteiger partial charge in [0.05, 0.1) is 6.42 Å². The second-order valence-electron chi connectivity index (χ2n) is 5.02. The summed E-state index contributed by atoms with van der Waals surface area (Å²) < 4.78 is 2.14. The van der Waals surface area contributed by atoms with Gasteiger partial charge in [-0.2, -0.15) is 0 Å². The van der Waals surface area contributed by atoms with Crippen LogP contribution in [-0.4, -0.2) is 15.6 Å². The van der Waals surface area contributed by atoms with E-state index in [1.54, 1.807) is 0 Å². The van der Waals surface area contributed by atoms with Crippen LogP contribution in [0.4, 0.5) is 0 Å². The first-order valence-corrected chi connectivity index (χ1v) is 6.38. The van der Waals surface area contributed by atoms with Crippen LogP contribution in [0.2, 0.25) is 0 Å². The number of carbonyl (C=O) groups is 1. The zero-order valence-electron chi connectivity index (χ0n) is 11.8. The van der Waals surface area contributed by atoms with Crippen LogP contribution in [0.15, 0.2) is 24.3 Å². The van der Waals surface area contributed by atoms with Crippen LogP contribution in [0, 0.1) is 27.7 Å². The van der Waals surface area contributed by atoms with Crippen LogP contribution in [0.5, 0.6) is 0 Å². The van der Waals surface area contributed by atoms with Crippen molar-refractivity contribution in [2.24, 2.45) is 0 Å². The fourth-order valence-corrected chi connectivity index (χ4v) is 2.52. The van der Waals surface area contributed by atoms with Gasteiger partial charge in [-0.3, -0.25) is 4.79 Å². The van der Waals surface area contributed by atoms with Crippen LogP contribution in [0.25, 0.3) is 5.69 Å². The van der Waals surface area contributed by atoms with E-state index in [1.807, 2.05) is 26.0 Å². The minimum absolute atomic E-state index is 0.0739. The SMILES string of the molecule is Cc1cccc(-n2c(C)cc(CC(=O)O)c2C)c1C. The van der Waals surface area contributed by atoms with Crippen LogP contribution in [0.3, 0.4) is 0 Å². The number of hydrogen-bond acceptors (Lipinski definition) is 1. The molecule has 0 bridgehead atoms. The van der Waals surface area contributed by atoms with Crippen molar-refractivity contribution in [3.05, 3.63) is 52.3 Å². The molecule has 19 heavy (non-hydrogen) atoms. The van der Waals surface area contributed by atoms with Crippen molar-refractivity contribution < 1.29 is 9.90 Å². The summed E-state index contributed by atoms with van der Waals surface area (Å²) in [7, 11) is 0. The molecule has 0 atom stereocenters. The van der Waals surface area contributed by atoms with Gasteiger partial charge in [0.1, 0.15) is 0 Å². The Morgan fingerprint density at radius 1 is 1.21 bits per heavy atom. The Bertz CT molecular complexity index is 638. The Kier molecular flexibility index (Phi) is 3.47. The van der Waals surface area contributed by atoms with E-state index in [1.165, 1.54) is 11.1 Å². The van der Waals surface area contributed by atoms with Crippen molar-refractivity contribution in [2.45, 2.75) is 34.1 Å². The number of rotatable bonds is 3. The summed E-state index contributed by atoms with van der Waals surface area (Å²) >= 11 is 0. The molecule has 100 valence electrons. The molecule has 0 radical (unpaired) electrons. The summed E-state index contributed by atoms with van der Waals surface area (Å²) in [5, 5.41) is 8.95. The van der Waals surface area contributed by atoms with E-state index in [4.69, 9.17) is 5.11 Å². The van der Waals surface area contributed by atoms with Crippen LogP contribution >= 0.6 is 0 Å². The predicted molar refractivity (Wildman–Crippen MR) is 76.1 cm³/mol. The van der Waals surface area contributed by atoms with Gasteiger partial charge in [-0.05, 0) is 56.5 Å². The summed E-state index contributed by atoms with van der Waals surface area (Å²) in [5.74, 6) is -0.791. The third kappa shape index (κ3) is 2.41. The summed E-state index contributed by atoms with van der Waals surface area (Å²) in [6.07, 6.45) is 0.0739. The van der Waals surface area contributed by atoms with Crippen LogP contribution in [0.1, 0.15) is 28.1 Å². The lowest BCUT2D eigenvalue weighted by Crippen LogP contribution is -2.05. The summed E-state index contributed by atoms with van der Waals surface area (Å²) in [4.78, 5) is 10.9. The fraction of sp³-hybridized carbons (Fsp3) is 0.312. The Morgan fingerprint density at radius 3 is 2.53 bits per heavy atom. The highest BCUT2D eigenvalue weighted by atomic mass is 16.4. The van der Waals surface area contributed by atoms with Crippen molar-refractivity contribution in [3.8, 4) is 5.69 Å². The molecule has 1 aromatic heterocycles. The summed E-state index contributed by atoms with van der Waals surface area (Å²) in [6.45, 7) is 8.18. The smallest absolute Gasteiger partial charge is 0.307 e. The molecule has 3 heteroatoms. The zero-order chi connectivity index (χ0) is 14.2. The first-order valence-electron chi connectivity index (χ1n) is 6.38. The molecular weight excluding hydrogens is 238 g/mol. The number of carboxylic acid groups (broad SMARTS) is 1. The number of nitrogens with zero attached hydrogens (tertiary/aromatic N) is 1. The maximum Gasteiger partial charge on any atom is 0.307 e. The molecule has 0 aliphatic carbocycles. The average Bonchev–Trinajstić information content (AvgIpc) is 2.58. The lowest BCUT2D eigenvalue weighted by Gasteiger charge is -2.14. The van der Waals surface area contributed by atoms with Gasteiger partial charge in [0.2, 0.25) is 0 Å². The maximum atomic E-state index is 10.9.